The predicted octanol–water partition coefficient (Wildman–Crippen LogP) is 3.25. The zero-order chi connectivity index (χ0) is 13.8. The summed E-state index contributed by atoms with van der Waals surface area (Å²) in [7, 11) is 0. The molecule has 0 aliphatic carbocycles. The number of anilines is 1. The van der Waals surface area contributed by atoms with Crippen LogP contribution in [0, 0.1) is 12.7 Å². The lowest BCUT2D eigenvalue weighted by molar-refractivity contribution is 0.449. The van der Waals surface area contributed by atoms with Crippen LogP contribution in [0.2, 0.25) is 0 Å². The van der Waals surface area contributed by atoms with Gasteiger partial charge in [-0.3, -0.25) is 0 Å². The molecular weight excluding hydrogens is 245 g/mol. The fourth-order valence-electron chi connectivity index (χ4n) is 1.81. The van der Waals surface area contributed by atoms with Gasteiger partial charge in [-0.25, -0.2) is 14.4 Å². The molecule has 1 aromatic carbocycles. The fraction of sp³-hybridized carbons (Fsp3) is 0.286. The van der Waals surface area contributed by atoms with Crippen LogP contribution in [-0.4, -0.2) is 9.97 Å². The molecule has 1 heterocycles. The van der Waals surface area contributed by atoms with Gasteiger partial charge in [-0.05, 0) is 37.1 Å². The number of halogens is 1. The van der Waals surface area contributed by atoms with E-state index in [4.69, 9.17) is 10.5 Å². The van der Waals surface area contributed by atoms with Gasteiger partial charge in [-0.15, -0.1) is 0 Å². The van der Waals surface area contributed by atoms with Gasteiger partial charge in [-0.2, -0.15) is 0 Å². The van der Waals surface area contributed by atoms with Crippen LogP contribution in [0.25, 0.3) is 0 Å². The number of rotatable bonds is 4. The number of hydrogen-bond acceptors (Lipinski definition) is 4. The molecule has 0 aliphatic heterocycles. The first-order valence-electron chi connectivity index (χ1n) is 6.15. The number of hydrogen-bond donors (Lipinski definition) is 1. The Kier molecular flexibility index (Phi) is 3.94. The van der Waals surface area contributed by atoms with E-state index in [9.17, 15) is 4.39 Å². The second-order valence-corrected chi connectivity index (χ2v) is 4.30. The molecule has 2 rings (SSSR count). The molecule has 2 N–H and O–H groups in total. The molecule has 19 heavy (non-hydrogen) atoms. The molecule has 2 aromatic rings. The number of nitrogens with two attached hydrogens (primary N) is 1. The Bertz CT molecular complexity index is 587. The third-order valence-corrected chi connectivity index (χ3v) is 2.78. The van der Waals surface area contributed by atoms with Crippen molar-refractivity contribution in [2.24, 2.45) is 0 Å². The zero-order valence-corrected chi connectivity index (χ0v) is 11.0. The first-order valence-corrected chi connectivity index (χ1v) is 6.15. The van der Waals surface area contributed by atoms with Crippen molar-refractivity contribution in [1.82, 2.24) is 9.97 Å². The van der Waals surface area contributed by atoms with E-state index in [1.807, 2.05) is 6.92 Å². The van der Waals surface area contributed by atoms with Gasteiger partial charge in [-0.1, -0.05) is 13.3 Å². The lowest BCUT2D eigenvalue weighted by Gasteiger charge is -2.12. The molecule has 0 saturated carbocycles. The van der Waals surface area contributed by atoms with Crippen LogP contribution in [0.15, 0.2) is 24.5 Å². The minimum atomic E-state index is -0.291. The Labute approximate surface area is 111 Å². The third-order valence-electron chi connectivity index (χ3n) is 2.78. The summed E-state index contributed by atoms with van der Waals surface area (Å²) in [6, 6.07) is 4.35. The number of nitrogens with zero attached hydrogens (tertiary/aromatic N) is 2. The van der Waals surface area contributed by atoms with Crippen molar-refractivity contribution in [3.05, 3.63) is 41.5 Å². The van der Waals surface area contributed by atoms with Crippen LogP contribution >= 0.6 is 0 Å². The van der Waals surface area contributed by atoms with Crippen molar-refractivity contribution in [2.75, 3.05) is 5.73 Å². The Morgan fingerprint density at radius 3 is 2.79 bits per heavy atom. The Morgan fingerprint density at radius 2 is 2.11 bits per heavy atom. The average molecular weight is 261 g/mol. The Hall–Kier alpha value is -2.17. The lowest BCUT2D eigenvalue weighted by atomic mass is 10.1. The van der Waals surface area contributed by atoms with Crippen molar-refractivity contribution in [2.45, 2.75) is 26.7 Å². The molecule has 0 radical (unpaired) electrons. The van der Waals surface area contributed by atoms with E-state index in [2.05, 4.69) is 9.97 Å². The second kappa shape index (κ2) is 5.65. The van der Waals surface area contributed by atoms with Crippen molar-refractivity contribution in [1.29, 1.82) is 0 Å². The van der Waals surface area contributed by atoms with E-state index in [0.29, 0.717) is 23.0 Å². The highest BCUT2D eigenvalue weighted by atomic mass is 19.1. The quantitative estimate of drug-likeness (QED) is 0.917. The molecule has 0 spiro atoms. The van der Waals surface area contributed by atoms with E-state index < -0.39 is 0 Å². The second-order valence-electron chi connectivity index (χ2n) is 4.30. The zero-order valence-electron chi connectivity index (χ0n) is 11.0. The first-order chi connectivity index (χ1) is 9.11. The summed E-state index contributed by atoms with van der Waals surface area (Å²) in [5.74, 6) is 1.13. The van der Waals surface area contributed by atoms with Gasteiger partial charge in [0.2, 0.25) is 5.88 Å². The standard InChI is InChI=1S/C14H16FN3O/c1-3-4-11-13(16)17-8-18-14(11)19-12-6-5-10(15)7-9(12)2/h5-8H,3-4H2,1-2H3,(H2,16,17,18). The van der Waals surface area contributed by atoms with E-state index >= 15 is 0 Å². The fourth-order valence-corrected chi connectivity index (χ4v) is 1.81. The number of benzene rings is 1. The number of aryl methyl sites for hydroxylation is 1. The highest BCUT2D eigenvalue weighted by molar-refractivity contribution is 5.47. The topological polar surface area (TPSA) is 61.0 Å². The van der Waals surface area contributed by atoms with Crippen LogP contribution in [-0.2, 0) is 6.42 Å². The SMILES string of the molecule is CCCc1c(N)ncnc1Oc1ccc(F)cc1C. The molecule has 5 heteroatoms. The van der Waals surface area contributed by atoms with Crippen molar-refractivity contribution in [3.63, 3.8) is 0 Å². The van der Waals surface area contributed by atoms with Gasteiger partial charge in [0.25, 0.3) is 0 Å². The van der Waals surface area contributed by atoms with Crippen LogP contribution in [0.3, 0.4) is 0 Å². The summed E-state index contributed by atoms with van der Waals surface area (Å²) in [6.45, 7) is 3.82. The molecule has 1 aromatic heterocycles. The summed E-state index contributed by atoms with van der Waals surface area (Å²) in [5, 5.41) is 0. The van der Waals surface area contributed by atoms with Gasteiger partial charge in [0.1, 0.15) is 23.7 Å². The molecule has 100 valence electrons. The molecular formula is C14H16FN3O. The largest absolute Gasteiger partial charge is 0.438 e. The molecule has 0 saturated heterocycles. The molecule has 0 atom stereocenters. The van der Waals surface area contributed by atoms with E-state index in [-0.39, 0.29) is 5.82 Å². The van der Waals surface area contributed by atoms with E-state index in [0.717, 1.165) is 18.4 Å². The van der Waals surface area contributed by atoms with Crippen LogP contribution < -0.4 is 10.5 Å². The van der Waals surface area contributed by atoms with Gasteiger partial charge in [0.15, 0.2) is 0 Å². The predicted molar refractivity (Wildman–Crippen MR) is 71.7 cm³/mol. The minimum absolute atomic E-state index is 0.291. The molecule has 0 fully saturated rings. The number of ether oxygens (including phenoxy) is 1. The summed E-state index contributed by atoms with van der Waals surface area (Å²) < 4.78 is 18.8. The molecule has 0 aliphatic rings. The first kappa shape index (κ1) is 13.3. The summed E-state index contributed by atoms with van der Waals surface area (Å²) in [6.07, 6.45) is 3.02. The summed E-state index contributed by atoms with van der Waals surface area (Å²) in [4.78, 5) is 8.07. The van der Waals surface area contributed by atoms with Gasteiger partial charge >= 0.3 is 0 Å². The van der Waals surface area contributed by atoms with Crippen LogP contribution in [0.4, 0.5) is 10.2 Å². The Morgan fingerprint density at radius 1 is 1.32 bits per heavy atom. The Balaban J connectivity index is 2.35. The number of aromatic nitrogens is 2. The maximum atomic E-state index is 13.0. The average Bonchev–Trinajstić information content (AvgIpc) is 2.37. The van der Waals surface area contributed by atoms with E-state index in [1.54, 1.807) is 13.0 Å². The monoisotopic (exact) mass is 261 g/mol. The smallest absolute Gasteiger partial charge is 0.227 e. The highest BCUT2D eigenvalue weighted by Crippen LogP contribution is 2.29. The summed E-state index contributed by atoms with van der Waals surface area (Å²) in [5.41, 5.74) is 7.33. The summed E-state index contributed by atoms with van der Waals surface area (Å²) >= 11 is 0. The molecule has 0 amide bonds. The van der Waals surface area contributed by atoms with Crippen molar-refractivity contribution in [3.8, 4) is 11.6 Å². The maximum Gasteiger partial charge on any atom is 0.227 e. The van der Waals surface area contributed by atoms with E-state index in [1.165, 1.54) is 18.5 Å². The molecule has 4 nitrogen and oxygen atoms in total. The minimum Gasteiger partial charge on any atom is -0.438 e. The van der Waals surface area contributed by atoms with Crippen molar-refractivity contribution >= 4 is 5.82 Å². The normalized spacial score (nSPS) is 10.5. The number of nitrogen functional groups attached to an aromatic ring is 1. The van der Waals surface area contributed by atoms with Crippen LogP contribution in [0.1, 0.15) is 24.5 Å². The molecule has 0 bridgehead atoms. The van der Waals surface area contributed by atoms with Crippen LogP contribution in [0.5, 0.6) is 11.6 Å². The molecule has 0 unspecified atom stereocenters. The van der Waals surface area contributed by atoms with Gasteiger partial charge in [0.05, 0.1) is 5.56 Å². The highest BCUT2D eigenvalue weighted by Gasteiger charge is 2.12. The lowest BCUT2D eigenvalue weighted by Crippen LogP contribution is -2.03. The van der Waals surface area contributed by atoms with Gasteiger partial charge < -0.3 is 10.5 Å². The maximum absolute atomic E-state index is 13.0. The third kappa shape index (κ3) is 2.99. The van der Waals surface area contributed by atoms with Gasteiger partial charge in [0, 0.05) is 0 Å². The van der Waals surface area contributed by atoms with Crippen molar-refractivity contribution < 1.29 is 9.13 Å².